The Morgan fingerprint density at radius 1 is 1.40 bits per heavy atom. The Morgan fingerprint density at radius 3 is 2.55 bits per heavy atom. The minimum Gasteiger partial charge on any atom is -0.478 e. The summed E-state index contributed by atoms with van der Waals surface area (Å²) in [5.74, 6) is 0.215. The standard InChI is InChI=1S/C14H18O4S2/c1-9(2)8-19-13-5-4-11(6-12(13)14(16)17)20(18)10(3)7-15/h4-7,9-10H,8H2,1-3H3,(H,16,17). The molecule has 0 aliphatic carbocycles. The molecule has 20 heavy (non-hydrogen) atoms. The molecule has 1 rings (SSSR count). The van der Waals surface area contributed by atoms with E-state index in [-0.39, 0.29) is 5.56 Å². The van der Waals surface area contributed by atoms with E-state index in [1.165, 1.54) is 17.8 Å². The van der Waals surface area contributed by atoms with Crippen molar-refractivity contribution in [3.63, 3.8) is 0 Å². The Bertz CT molecular complexity index is 526. The Kier molecular flexibility index (Phi) is 6.42. The molecule has 2 atom stereocenters. The van der Waals surface area contributed by atoms with Crippen LogP contribution in [0.4, 0.5) is 0 Å². The van der Waals surface area contributed by atoms with Gasteiger partial charge in [0.2, 0.25) is 0 Å². The fraction of sp³-hybridized carbons (Fsp3) is 0.429. The smallest absolute Gasteiger partial charge is 0.336 e. The second kappa shape index (κ2) is 7.59. The van der Waals surface area contributed by atoms with Gasteiger partial charge in [0.1, 0.15) is 6.29 Å². The average Bonchev–Trinajstić information content (AvgIpc) is 2.42. The number of carbonyl (C=O) groups is 2. The summed E-state index contributed by atoms with van der Waals surface area (Å²) in [6.45, 7) is 5.66. The molecule has 0 saturated carbocycles. The number of aldehydes is 1. The van der Waals surface area contributed by atoms with Gasteiger partial charge >= 0.3 is 5.97 Å². The molecule has 0 radical (unpaired) electrons. The molecule has 0 spiro atoms. The third kappa shape index (κ3) is 4.45. The van der Waals surface area contributed by atoms with Crippen LogP contribution in [-0.4, -0.2) is 32.6 Å². The van der Waals surface area contributed by atoms with Crippen LogP contribution in [-0.2, 0) is 15.6 Å². The first kappa shape index (κ1) is 16.9. The molecule has 0 fully saturated rings. The highest BCUT2D eigenvalue weighted by molar-refractivity contribution is 7.99. The predicted molar refractivity (Wildman–Crippen MR) is 80.9 cm³/mol. The van der Waals surface area contributed by atoms with Crippen LogP contribution >= 0.6 is 11.8 Å². The third-order valence-electron chi connectivity index (χ3n) is 2.52. The maximum atomic E-state index is 12.0. The Morgan fingerprint density at radius 2 is 2.05 bits per heavy atom. The zero-order valence-electron chi connectivity index (χ0n) is 11.7. The van der Waals surface area contributed by atoms with Gasteiger partial charge in [0.05, 0.1) is 21.6 Å². The fourth-order valence-electron chi connectivity index (χ4n) is 1.45. The van der Waals surface area contributed by atoms with Crippen LogP contribution in [0.15, 0.2) is 28.0 Å². The van der Waals surface area contributed by atoms with Crippen LogP contribution in [0.25, 0.3) is 0 Å². The average molecular weight is 314 g/mol. The predicted octanol–water partition coefficient (Wildman–Crippen LogP) is 2.83. The van der Waals surface area contributed by atoms with Crippen molar-refractivity contribution in [3.8, 4) is 0 Å². The Hall–Kier alpha value is -1.14. The SMILES string of the molecule is CC(C)CSc1ccc(S(=O)C(C)C=O)cc1C(=O)O. The normalized spacial score (nSPS) is 14.0. The molecule has 0 aliphatic heterocycles. The van der Waals surface area contributed by atoms with Crippen molar-refractivity contribution in [2.45, 2.75) is 35.8 Å². The van der Waals surface area contributed by atoms with Gasteiger partial charge < -0.3 is 9.90 Å². The van der Waals surface area contributed by atoms with Crippen LogP contribution in [0.1, 0.15) is 31.1 Å². The summed E-state index contributed by atoms with van der Waals surface area (Å²) in [7, 11) is -1.52. The maximum Gasteiger partial charge on any atom is 0.336 e. The Labute approximate surface area is 125 Å². The van der Waals surface area contributed by atoms with E-state index >= 15 is 0 Å². The molecule has 4 nitrogen and oxygen atoms in total. The van der Waals surface area contributed by atoms with Crippen molar-refractivity contribution in [3.05, 3.63) is 23.8 Å². The van der Waals surface area contributed by atoms with E-state index in [1.54, 1.807) is 19.1 Å². The van der Waals surface area contributed by atoms with E-state index < -0.39 is 22.0 Å². The second-order valence-electron chi connectivity index (χ2n) is 4.81. The lowest BCUT2D eigenvalue weighted by molar-refractivity contribution is -0.107. The highest BCUT2D eigenvalue weighted by Crippen LogP contribution is 2.27. The molecule has 2 unspecified atom stereocenters. The van der Waals surface area contributed by atoms with Crippen molar-refractivity contribution in [2.24, 2.45) is 5.92 Å². The van der Waals surface area contributed by atoms with E-state index in [0.29, 0.717) is 22.0 Å². The van der Waals surface area contributed by atoms with Gasteiger partial charge in [-0.1, -0.05) is 13.8 Å². The largest absolute Gasteiger partial charge is 0.478 e. The van der Waals surface area contributed by atoms with E-state index in [2.05, 4.69) is 13.8 Å². The number of carboxylic acid groups (broad SMARTS) is 1. The number of aromatic carboxylic acids is 1. The summed E-state index contributed by atoms with van der Waals surface area (Å²) < 4.78 is 12.0. The van der Waals surface area contributed by atoms with Crippen molar-refractivity contribution in [2.75, 3.05) is 5.75 Å². The van der Waals surface area contributed by atoms with Gasteiger partial charge in [0.15, 0.2) is 0 Å². The van der Waals surface area contributed by atoms with Crippen molar-refractivity contribution < 1.29 is 18.9 Å². The number of carboxylic acids is 1. The molecule has 1 aromatic rings. The minimum atomic E-state index is -1.52. The molecule has 0 bridgehead atoms. The van der Waals surface area contributed by atoms with Gasteiger partial charge in [0.25, 0.3) is 0 Å². The van der Waals surface area contributed by atoms with Crippen LogP contribution in [0.3, 0.4) is 0 Å². The van der Waals surface area contributed by atoms with Crippen molar-refractivity contribution in [1.29, 1.82) is 0 Å². The van der Waals surface area contributed by atoms with Crippen LogP contribution in [0.5, 0.6) is 0 Å². The van der Waals surface area contributed by atoms with Crippen LogP contribution in [0, 0.1) is 5.92 Å². The summed E-state index contributed by atoms with van der Waals surface area (Å²) in [5, 5.41) is 8.60. The third-order valence-corrected chi connectivity index (χ3v) is 5.52. The van der Waals surface area contributed by atoms with Crippen LogP contribution in [0.2, 0.25) is 0 Å². The van der Waals surface area contributed by atoms with Gasteiger partial charge in [-0.3, -0.25) is 4.21 Å². The maximum absolute atomic E-state index is 12.0. The monoisotopic (exact) mass is 314 g/mol. The van der Waals surface area contributed by atoms with E-state index in [1.807, 2.05) is 0 Å². The summed E-state index contributed by atoms with van der Waals surface area (Å²) in [5.41, 5.74) is 0.139. The molecular formula is C14H18O4S2. The van der Waals surface area contributed by atoms with Gasteiger partial charge in [-0.25, -0.2) is 4.79 Å². The van der Waals surface area contributed by atoms with Crippen molar-refractivity contribution in [1.82, 2.24) is 0 Å². The second-order valence-corrected chi connectivity index (χ2v) is 7.68. The number of thioether (sulfide) groups is 1. The highest BCUT2D eigenvalue weighted by Gasteiger charge is 2.17. The topological polar surface area (TPSA) is 71.4 Å². The first-order valence-corrected chi connectivity index (χ1v) is 8.42. The Balaban J connectivity index is 3.10. The van der Waals surface area contributed by atoms with Gasteiger partial charge in [-0.05, 0) is 31.0 Å². The van der Waals surface area contributed by atoms with Gasteiger partial charge in [0, 0.05) is 15.5 Å². The number of carbonyl (C=O) groups excluding carboxylic acids is 1. The van der Waals surface area contributed by atoms with E-state index in [4.69, 9.17) is 0 Å². The number of rotatable bonds is 7. The molecule has 0 aliphatic rings. The minimum absolute atomic E-state index is 0.139. The first-order chi connectivity index (χ1) is 9.36. The highest BCUT2D eigenvalue weighted by atomic mass is 32.2. The summed E-state index contributed by atoms with van der Waals surface area (Å²) in [6.07, 6.45) is 0.609. The molecule has 1 N–H and O–H groups in total. The number of hydrogen-bond acceptors (Lipinski definition) is 4. The zero-order chi connectivity index (χ0) is 15.3. The lowest BCUT2D eigenvalue weighted by Crippen LogP contribution is -2.13. The molecule has 6 heteroatoms. The first-order valence-electron chi connectivity index (χ1n) is 6.22. The van der Waals surface area contributed by atoms with Crippen molar-refractivity contribution >= 4 is 34.8 Å². The fourth-order valence-corrected chi connectivity index (χ4v) is 3.39. The zero-order valence-corrected chi connectivity index (χ0v) is 13.3. The molecule has 0 amide bonds. The summed E-state index contributed by atoms with van der Waals surface area (Å²) in [4.78, 5) is 23.0. The molecule has 1 aromatic carbocycles. The van der Waals surface area contributed by atoms with Crippen LogP contribution < -0.4 is 0 Å². The molecule has 0 heterocycles. The molecule has 110 valence electrons. The summed E-state index contributed by atoms with van der Waals surface area (Å²) >= 11 is 1.47. The lowest BCUT2D eigenvalue weighted by Gasteiger charge is -2.10. The summed E-state index contributed by atoms with van der Waals surface area (Å²) in [6, 6.07) is 4.70. The quantitative estimate of drug-likeness (QED) is 0.619. The number of benzene rings is 1. The van der Waals surface area contributed by atoms with Gasteiger partial charge in [-0.2, -0.15) is 0 Å². The molecule has 0 saturated heterocycles. The molecular weight excluding hydrogens is 296 g/mol. The van der Waals surface area contributed by atoms with E-state index in [9.17, 15) is 18.9 Å². The van der Waals surface area contributed by atoms with Gasteiger partial charge in [-0.15, -0.1) is 11.8 Å². The number of hydrogen-bond donors (Lipinski definition) is 1. The van der Waals surface area contributed by atoms with E-state index in [0.717, 1.165) is 5.75 Å². The lowest BCUT2D eigenvalue weighted by atomic mass is 10.2. The molecule has 0 aromatic heterocycles.